The van der Waals surface area contributed by atoms with Crippen LogP contribution in [0.4, 0.5) is 0 Å². The molecule has 1 heterocycles. The lowest BCUT2D eigenvalue weighted by Crippen LogP contribution is -2.51. The predicted octanol–water partition coefficient (Wildman–Crippen LogP) is 2.07. The van der Waals surface area contributed by atoms with Gasteiger partial charge in [0, 0.05) is 50.8 Å². The molecular formula is C26H36N4O4S. The topological polar surface area (TPSA) is 105 Å². The first-order valence-corrected chi connectivity index (χ1v) is 14.2. The summed E-state index contributed by atoms with van der Waals surface area (Å²) < 4.78 is 30.3. The van der Waals surface area contributed by atoms with Gasteiger partial charge in [0.25, 0.3) is 5.91 Å². The molecule has 1 aromatic rings. The van der Waals surface area contributed by atoms with Crippen LogP contribution in [0.15, 0.2) is 23.2 Å². The molecule has 1 aromatic carbocycles. The zero-order valence-corrected chi connectivity index (χ0v) is 22.0. The van der Waals surface area contributed by atoms with Gasteiger partial charge in [0.05, 0.1) is 6.26 Å². The standard InChI is InChI=1S/C26H36N4O4S/c1-5-25(13-6-16-34-3)18-21-12-11-20(10-9-19-7-8-19)17-22(21)26(25)23(31)30(24(27)28-26)15-14-29(2)35(4,32)33/h11-12,17,19H,5-8,13-16,18H2,1-4H3,(H2,27,28). The zero-order chi connectivity index (χ0) is 25.4. The maximum atomic E-state index is 14.3. The fourth-order valence-electron chi connectivity index (χ4n) is 5.44. The summed E-state index contributed by atoms with van der Waals surface area (Å²) >= 11 is 0. The van der Waals surface area contributed by atoms with Crippen molar-refractivity contribution in [3.05, 3.63) is 34.9 Å². The van der Waals surface area contributed by atoms with Gasteiger partial charge in [0.15, 0.2) is 11.5 Å². The number of ether oxygens (including phenoxy) is 1. The number of benzene rings is 1. The number of hydrogen-bond acceptors (Lipinski definition) is 6. The van der Waals surface area contributed by atoms with E-state index in [2.05, 4.69) is 24.8 Å². The molecule has 1 fully saturated rings. The van der Waals surface area contributed by atoms with E-state index in [0.29, 0.717) is 12.5 Å². The van der Waals surface area contributed by atoms with Crippen molar-refractivity contribution in [2.24, 2.45) is 22.1 Å². The Morgan fingerprint density at radius 1 is 1.34 bits per heavy atom. The summed E-state index contributed by atoms with van der Waals surface area (Å²) in [5, 5.41) is 0. The smallest absolute Gasteiger partial charge is 0.262 e. The van der Waals surface area contributed by atoms with Crippen LogP contribution in [0.1, 0.15) is 55.7 Å². The number of aliphatic imine (C=N–C) groups is 1. The van der Waals surface area contributed by atoms with E-state index in [4.69, 9.17) is 15.5 Å². The number of sulfonamides is 1. The molecule has 4 rings (SSSR count). The molecule has 2 N–H and O–H groups in total. The van der Waals surface area contributed by atoms with E-state index < -0.39 is 21.0 Å². The molecule has 35 heavy (non-hydrogen) atoms. The minimum atomic E-state index is -3.38. The number of guanidine groups is 1. The summed E-state index contributed by atoms with van der Waals surface area (Å²) in [6.45, 7) is 2.99. The average Bonchev–Trinajstić information content (AvgIpc) is 3.56. The lowest BCUT2D eigenvalue weighted by molar-refractivity contribution is -0.136. The van der Waals surface area contributed by atoms with Crippen molar-refractivity contribution in [3.63, 3.8) is 0 Å². The van der Waals surface area contributed by atoms with Crippen LogP contribution >= 0.6 is 0 Å². The number of methoxy groups -OCH3 is 1. The maximum absolute atomic E-state index is 14.3. The SMILES string of the molecule is CCC1(CCCOC)Cc2ccc(C#CC3CC3)cc2C12N=C(N)N(CCN(C)S(C)(=O)=O)C2=O. The van der Waals surface area contributed by atoms with Crippen molar-refractivity contribution in [1.82, 2.24) is 9.21 Å². The summed E-state index contributed by atoms with van der Waals surface area (Å²) in [5.74, 6) is 7.04. The summed E-state index contributed by atoms with van der Waals surface area (Å²) in [7, 11) is -0.201. The van der Waals surface area contributed by atoms with Gasteiger partial charge in [0.2, 0.25) is 10.0 Å². The highest BCUT2D eigenvalue weighted by molar-refractivity contribution is 7.88. The van der Waals surface area contributed by atoms with Gasteiger partial charge in [-0.1, -0.05) is 24.8 Å². The Morgan fingerprint density at radius 2 is 2.09 bits per heavy atom. The molecule has 2 unspecified atom stereocenters. The van der Waals surface area contributed by atoms with Crippen molar-refractivity contribution in [2.75, 3.05) is 40.1 Å². The van der Waals surface area contributed by atoms with E-state index in [1.165, 1.54) is 16.3 Å². The number of hydrogen-bond donors (Lipinski definition) is 1. The largest absolute Gasteiger partial charge is 0.385 e. The Kier molecular flexibility index (Phi) is 7.02. The predicted molar refractivity (Wildman–Crippen MR) is 136 cm³/mol. The van der Waals surface area contributed by atoms with Crippen molar-refractivity contribution in [2.45, 2.75) is 51.0 Å². The highest BCUT2D eigenvalue weighted by atomic mass is 32.2. The van der Waals surface area contributed by atoms with Gasteiger partial charge in [-0.3, -0.25) is 9.69 Å². The van der Waals surface area contributed by atoms with E-state index in [1.54, 1.807) is 7.11 Å². The molecule has 0 radical (unpaired) electrons. The van der Waals surface area contributed by atoms with Crippen LogP contribution in [0.3, 0.4) is 0 Å². The lowest BCUT2D eigenvalue weighted by atomic mass is 9.65. The third kappa shape index (κ3) is 4.59. The monoisotopic (exact) mass is 500 g/mol. The molecule has 190 valence electrons. The average molecular weight is 501 g/mol. The molecule has 1 aliphatic heterocycles. The van der Waals surface area contributed by atoms with Crippen LogP contribution in [0, 0.1) is 23.2 Å². The molecule has 9 heteroatoms. The van der Waals surface area contributed by atoms with Crippen LogP contribution < -0.4 is 5.73 Å². The second kappa shape index (κ2) is 9.57. The number of nitrogens with two attached hydrogens (primary N) is 1. The highest BCUT2D eigenvalue weighted by Gasteiger charge is 2.65. The van der Waals surface area contributed by atoms with E-state index >= 15 is 0 Å². The van der Waals surface area contributed by atoms with Crippen molar-refractivity contribution in [1.29, 1.82) is 0 Å². The molecule has 1 amide bonds. The number of fused-ring (bicyclic) bond motifs is 2. The van der Waals surface area contributed by atoms with E-state index in [0.717, 1.165) is 61.5 Å². The van der Waals surface area contributed by atoms with E-state index in [1.807, 2.05) is 12.1 Å². The van der Waals surface area contributed by atoms with Gasteiger partial charge < -0.3 is 10.5 Å². The minimum Gasteiger partial charge on any atom is -0.385 e. The molecule has 2 atom stereocenters. The second-order valence-corrected chi connectivity index (χ2v) is 12.1. The number of likely N-dealkylation sites (N-methyl/N-ethyl adjacent to an activating group) is 1. The Balaban J connectivity index is 1.75. The summed E-state index contributed by atoms with van der Waals surface area (Å²) in [4.78, 5) is 20.6. The van der Waals surface area contributed by atoms with Crippen molar-refractivity contribution in [3.8, 4) is 11.8 Å². The fourth-order valence-corrected chi connectivity index (χ4v) is 5.85. The molecule has 1 spiro atoms. The first-order valence-electron chi connectivity index (χ1n) is 12.3. The third-order valence-corrected chi connectivity index (χ3v) is 9.11. The number of carbonyl (C=O) groups is 1. The lowest BCUT2D eigenvalue weighted by Gasteiger charge is -2.40. The number of carbonyl (C=O) groups excluding carboxylic acids is 1. The Hall–Kier alpha value is -2.41. The van der Waals surface area contributed by atoms with Gasteiger partial charge in [-0.25, -0.2) is 17.7 Å². The van der Waals surface area contributed by atoms with Crippen LogP contribution in [0.2, 0.25) is 0 Å². The summed E-state index contributed by atoms with van der Waals surface area (Å²) in [6.07, 6.45) is 6.47. The quantitative estimate of drug-likeness (QED) is 0.413. The summed E-state index contributed by atoms with van der Waals surface area (Å²) in [5.41, 5.74) is 7.66. The molecule has 0 bridgehead atoms. The van der Waals surface area contributed by atoms with E-state index in [9.17, 15) is 13.2 Å². The number of amides is 1. The molecule has 3 aliphatic rings. The first kappa shape index (κ1) is 25.7. The molecule has 8 nitrogen and oxygen atoms in total. The summed E-state index contributed by atoms with van der Waals surface area (Å²) in [6, 6.07) is 6.15. The molecule has 0 saturated heterocycles. The third-order valence-electron chi connectivity index (χ3n) is 7.79. The molecule has 1 saturated carbocycles. The molecular weight excluding hydrogens is 464 g/mol. The minimum absolute atomic E-state index is 0.138. The normalized spacial score (nSPS) is 25.7. The van der Waals surface area contributed by atoms with Crippen molar-refractivity contribution < 1.29 is 17.9 Å². The number of rotatable bonds is 9. The Morgan fingerprint density at radius 3 is 2.71 bits per heavy atom. The van der Waals surface area contributed by atoms with Gasteiger partial charge in [-0.05, 0) is 61.8 Å². The van der Waals surface area contributed by atoms with E-state index in [-0.39, 0.29) is 25.0 Å². The van der Waals surface area contributed by atoms with Gasteiger partial charge in [-0.15, -0.1) is 0 Å². The van der Waals surface area contributed by atoms with Crippen LogP contribution in [-0.2, 0) is 31.5 Å². The first-order chi connectivity index (χ1) is 16.6. The van der Waals surface area contributed by atoms with Gasteiger partial charge in [0.1, 0.15) is 0 Å². The van der Waals surface area contributed by atoms with Gasteiger partial charge in [-0.2, -0.15) is 0 Å². The Bertz CT molecular complexity index is 1200. The second-order valence-electron chi connectivity index (χ2n) is 10.0. The molecule has 0 aromatic heterocycles. The zero-order valence-electron chi connectivity index (χ0n) is 21.1. The molecule has 2 aliphatic carbocycles. The van der Waals surface area contributed by atoms with Gasteiger partial charge >= 0.3 is 0 Å². The van der Waals surface area contributed by atoms with Crippen LogP contribution in [0.5, 0.6) is 0 Å². The van der Waals surface area contributed by atoms with Crippen molar-refractivity contribution >= 4 is 21.9 Å². The fraction of sp³-hybridized carbons (Fsp3) is 0.615. The number of nitrogens with zero attached hydrogens (tertiary/aromatic N) is 3. The highest BCUT2D eigenvalue weighted by Crippen LogP contribution is 2.59. The van der Waals surface area contributed by atoms with Crippen LogP contribution in [-0.4, -0.2) is 69.6 Å². The van der Waals surface area contributed by atoms with Crippen LogP contribution in [0.25, 0.3) is 0 Å². The maximum Gasteiger partial charge on any atom is 0.262 e. The Labute approximate surface area is 209 Å².